The zero-order valence-electron chi connectivity index (χ0n) is 10.6. The van der Waals surface area contributed by atoms with E-state index in [-0.39, 0.29) is 49.3 Å². The van der Waals surface area contributed by atoms with Crippen molar-refractivity contribution in [3.05, 3.63) is 0 Å². The number of nitrogens with two attached hydrogens (primary N) is 1. The maximum absolute atomic E-state index is 10.3. The first kappa shape index (κ1) is 18.2. The number of hydrogen-bond donors (Lipinski definition) is 3. The van der Waals surface area contributed by atoms with Gasteiger partial charge >= 0.3 is 29.6 Å². The Kier molecular flexibility index (Phi) is 12.2. The van der Waals surface area contributed by atoms with Crippen LogP contribution in [0.5, 0.6) is 0 Å². The molecular weight excluding hydrogens is 227 g/mol. The molecule has 15 heavy (non-hydrogen) atoms. The maximum Gasteiger partial charge on any atom is 1.00 e. The Morgan fingerprint density at radius 3 is 2.60 bits per heavy atom. The molecule has 0 bridgehead atoms. The van der Waals surface area contributed by atoms with Crippen molar-refractivity contribution in [2.45, 2.75) is 32.2 Å². The third-order valence-electron chi connectivity index (χ3n) is 1.87. The van der Waals surface area contributed by atoms with Crippen LogP contribution in [-0.4, -0.2) is 37.9 Å². The molecule has 0 heterocycles. The Hall–Kier alpha value is 0.830. The summed E-state index contributed by atoms with van der Waals surface area (Å²) >= 11 is 0. The molecule has 0 rings (SSSR count). The standard InChI is InChI=1S/C8H20N2O3S.Na.H/c1-2-3-4-8(9)7-10-5-6-14(11,12)13;;/h8,10H,2-7,9H2,1H3,(H,11,12,13);;/q;+1;-1. The summed E-state index contributed by atoms with van der Waals surface area (Å²) in [6.45, 7) is 2.94. The Morgan fingerprint density at radius 2 is 2.13 bits per heavy atom. The van der Waals surface area contributed by atoms with Gasteiger partial charge in [-0.15, -0.1) is 0 Å². The minimum atomic E-state index is -3.84. The van der Waals surface area contributed by atoms with E-state index in [0.29, 0.717) is 6.54 Å². The van der Waals surface area contributed by atoms with Gasteiger partial charge in [0.25, 0.3) is 10.1 Å². The van der Waals surface area contributed by atoms with E-state index in [1.807, 2.05) is 0 Å². The summed E-state index contributed by atoms with van der Waals surface area (Å²) in [6, 6.07) is 0.0661. The fourth-order valence-corrected chi connectivity index (χ4v) is 1.46. The van der Waals surface area contributed by atoms with Crippen molar-refractivity contribution in [3.63, 3.8) is 0 Å². The number of hydrogen-bond acceptors (Lipinski definition) is 4. The Bertz CT molecular complexity index is 239. The zero-order valence-corrected chi connectivity index (χ0v) is 12.4. The van der Waals surface area contributed by atoms with Gasteiger partial charge in [-0.25, -0.2) is 0 Å². The first-order valence-corrected chi connectivity index (χ1v) is 6.48. The van der Waals surface area contributed by atoms with Crippen molar-refractivity contribution >= 4 is 10.1 Å². The summed E-state index contributed by atoms with van der Waals surface area (Å²) in [5, 5.41) is 2.89. The van der Waals surface area contributed by atoms with Gasteiger partial charge in [-0.3, -0.25) is 4.55 Å². The monoisotopic (exact) mass is 248 g/mol. The van der Waals surface area contributed by atoms with E-state index in [1.165, 1.54) is 0 Å². The fourth-order valence-electron chi connectivity index (χ4n) is 1.06. The van der Waals surface area contributed by atoms with E-state index in [4.69, 9.17) is 10.3 Å². The van der Waals surface area contributed by atoms with E-state index < -0.39 is 10.1 Å². The van der Waals surface area contributed by atoms with E-state index in [1.54, 1.807) is 0 Å². The molecule has 0 aromatic rings. The molecule has 0 aliphatic carbocycles. The minimum absolute atomic E-state index is 0. The van der Waals surface area contributed by atoms with Crippen molar-refractivity contribution in [1.82, 2.24) is 5.32 Å². The van der Waals surface area contributed by atoms with Crippen LogP contribution in [0.3, 0.4) is 0 Å². The molecule has 0 aliphatic heterocycles. The van der Waals surface area contributed by atoms with Gasteiger partial charge in [0.05, 0.1) is 5.75 Å². The molecule has 1 unspecified atom stereocenters. The van der Waals surface area contributed by atoms with Crippen LogP contribution in [0, 0.1) is 0 Å². The molecule has 0 aromatic heterocycles. The largest absolute Gasteiger partial charge is 1.00 e. The zero-order chi connectivity index (χ0) is 11.0. The molecule has 0 fully saturated rings. The quantitative estimate of drug-likeness (QED) is 0.243. The molecular formula is C8H21N2NaO3S. The van der Waals surface area contributed by atoms with Crippen LogP contribution >= 0.6 is 0 Å². The number of rotatable bonds is 8. The van der Waals surface area contributed by atoms with Crippen LogP contribution in [-0.2, 0) is 10.1 Å². The summed E-state index contributed by atoms with van der Waals surface area (Å²) < 4.78 is 29.1. The summed E-state index contributed by atoms with van der Waals surface area (Å²) in [5.74, 6) is -0.256. The third-order valence-corrected chi connectivity index (χ3v) is 2.59. The number of nitrogens with one attached hydrogen (secondary N) is 1. The van der Waals surface area contributed by atoms with Crippen molar-refractivity contribution in [2.24, 2.45) is 5.73 Å². The molecule has 0 aliphatic rings. The molecule has 88 valence electrons. The summed E-state index contributed by atoms with van der Waals surface area (Å²) in [4.78, 5) is 0. The minimum Gasteiger partial charge on any atom is -1.00 e. The second kappa shape index (κ2) is 10.0. The van der Waals surface area contributed by atoms with Gasteiger partial charge in [0.1, 0.15) is 0 Å². The summed E-state index contributed by atoms with van der Waals surface area (Å²) in [7, 11) is -3.84. The fraction of sp³-hybridized carbons (Fsp3) is 1.00. The van der Waals surface area contributed by atoms with E-state index >= 15 is 0 Å². The Morgan fingerprint density at radius 1 is 1.53 bits per heavy atom. The number of unbranched alkanes of at least 4 members (excludes halogenated alkanes) is 1. The van der Waals surface area contributed by atoms with Gasteiger partial charge in [-0.2, -0.15) is 8.42 Å². The second-order valence-electron chi connectivity index (χ2n) is 3.39. The van der Waals surface area contributed by atoms with Crippen molar-refractivity contribution in [1.29, 1.82) is 0 Å². The molecule has 0 saturated heterocycles. The van der Waals surface area contributed by atoms with Gasteiger partial charge in [0.15, 0.2) is 0 Å². The molecule has 5 nitrogen and oxygen atoms in total. The van der Waals surface area contributed by atoms with Crippen LogP contribution in [0.15, 0.2) is 0 Å². The molecule has 7 heteroatoms. The molecule has 0 radical (unpaired) electrons. The van der Waals surface area contributed by atoms with Crippen LogP contribution < -0.4 is 40.6 Å². The van der Waals surface area contributed by atoms with Crippen LogP contribution in [0.4, 0.5) is 0 Å². The van der Waals surface area contributed by atoms with Gasteiger partial charge in [-0.1, -0.05) is 19.8 Å². The van der Waals surface area contributed by atoms with Crippen molar-refractivity contribution in [3.8, 4) is 0 Å². The van der Waals surface area contributed by atoms with E-state index in [9.17, 15) is 8.42 Å². The van der Waals surface area contributed by atoms with E-state index in [2.05, 4.69) is 12.2 Å². The molecule has 0 aromatic carbocycles. The summed E-state index contributed by atoms with van der Waals surface area (Å²) in [5.41, 5.74) is 5.74. The summed E-state index contributed by atoms with van der Waals surface area (Å²) in [6.07, 6.45) is 3.13. The van der Waals surface area contributed by atoms with Gasteiger partial charge in [0, 0.05) is 19.1 Å². The van der Waals surface area contributed by atoms with Crippen LogP contribution in [0.2, 0.25) is 0 Å². The predicted octanol–water partition coefficient (Wildman–Crippen LogP) is -2.90. The maximum atomic E-state index is 10.3. The van der Waals surface area contributed by atoms with E-state index in [0.717, 1.165) is 19.3 Å². The smallest absolute Gasteiger partial charge is 1.00 e. The van der Waals surface area contributed by atoms with Gasteiger partial charge in [0.2, 0.25) is 0 Å². The Labute approximate surface area is 116 Å². The Balaban J connectivity index is -0.000000845. The molecule has 4 N–H and O–H groups in total. The molecule has 0 saturated carbocycles. The average molecular weight is 248 g/mol. The van der Waals surface area contributed by atoms with Gasteiger partial charge < -0.3 is 12.5 Å². The first-order chi connectivity index (χ1) is 6.45. The van der Waals surface area contributed by atoms with Crippen molar-refractivity contribution in [2.75, 3.05) is 18.8 Å². The normalized spacial score (nSPS) is 13.3. The molecule has 1 atom stereocenters. The first-order valence-electron chi connectivity index (χ1n) is 4.87. The molecule has 0 spiro atoms. The van der Waals surface area contributed by atoms with Gasteiger partial charge in [-0.05, 0) is 6.42 Å². The SMILES string of the molecule is CCCCC(N)CNCCS(=O)(=O)O.[H-].[Na+]. The predicted molar refractivity (Wildman–Crippen MR) is 57.9 cm³/mol. The van der Waals surface area contributed by atoms with Crippen LogP contribution in [0.1, 0.15) is 27.6 Å². The third kappa shape index (κ3) is 14.8. The average Bonchev–Trinajstić information content (AvgIpc) is 2.07. The molecule has 0 amide bonds. The van der Waals surface area contributed by atoms with Crippen LogP contribution in [0.25, 0.3) is 0 Å². The van der Waals surface area contributed by atoms with Crippen molar-refractivity contribution < 1.29 is 44.0 Å². The topological polar surface area (TPSA) is 92.4 Å². The second-order valence-corrected chi connectivity index (χ2v) is 4.96.